The standard InChI is InChI=1S/C13H19BrO7S/c1-18-12-3-2-11(22(15,16)17)10-13(12)21-9-8-20-7-6-19-5-4-14/h2-3,10H,4-9H2,1H3,(H,15,16,17). The summed E-state index contributed by atoms with van der Waals surface area (Å²) < 4.78 is 52.2. The molecule has 9 heteroatoms. The highest BCUT2D eigenvalue weighted by molar-refractivity contribution is 9.09. The quantitative estimate of drug-likeness (QED) is 0.344. The van der Waals surface area contributed by atoms with Crippen molar-refractivity contribution in [3.8, 4) is 11.5 Å². The van der Waals surface area contributed by atoms with E-state index in [2.05, 4.69) is 15.9 Å². The van der Waals surface area contributed by atoms with Crippen LogP contribution in [0.4, 0.5) is 0 Å². The lowest BCUT2D eigenvalue weighted by Gasteiger charge is -2.12. The highest BCUT2D eigenvalue weighted by Gasteiger charge is 2.14. The molecule has 22 heavy (non-hydrogen) atoms. The van der Waals surface area contributed by atoms with Crippen LogP contribution in [-0.4, -0.2) is 58.4 Å². The fourth-order valence-corrected chi connectivity index (χ4v) is 2.24. The van der Waals surface area contributed by atoms with E-state index in [1.54, 1.807) is 0 Å². The molecule has 1 aromatic rings. The second-order valence-corrected chi connectivity index (χ2v) is 6.26. The zero-order valence-electron chi connectivity index (χ0n) is 12.2. The van der Waals surface area contributed by atoms with Crippen molar-refractivity contribution in [3.63, 3.8) is 0 Å². The molecule has 1 N–H and O–H groups in total. The number of benzene rings is 1. The summed E-state index contributed by atoms with van der Waals surface area (Å²) in [7, 11) is -2.85. The predicted octanol–water partition coefficient (Wildman–Crippen LogP) is 1.75. The van der Waals surface area contributed by atoms with Crippen molar-refractivity contribution in [2.45, 2.75) is 4.90 Å². The van der Waals surface area contributed by atoms with Crippen molar-refractivity contribution in [2.24, 2.45) is 0 Å². The fourth-order valence-electron chi connectivity index (χ4n) is 1.52. The van der Waals surface area contributed by atoms with E-state index in [0.717, 1.165) is 5.33 Å². The van der Waals surface area contributed by atoms with Crippen LogP contribution in [0.5, 0.6) is 11.5 Å². The van der Waals surface area contributed by atoms with Crippen LogP contribution in [0.1, 0.15) is 0 Å². The molecule has 0 aliphatic carbocycles. The molecule has 1 aromatic carbocycles. The van der Waals surface area contributed by atoms with Gasteiger partial charge < -0.3 is 18.9 Å². The zero-order valence-corrected chi connectivity index (χ0v) is 14.6. The number of ether oxygens (including phenoxy) is 4. The van der Waals surface area contributed by atoms with E-state index < -0.39 is 10.1 Å². The average Bonchev–Trinajstić information content (AvgIpc) is 2.48. The van der Waals surface area contributed by atoms with Gasteiger partial charge in [0.15, 0.2) is 11.5 Å². The molecule has 7 nitrogen and oxygen atoms in total. The van der Waals surface area contributed by atoms with E-state index in [-0.39, 0.29) is 17.3 Å². The molecule has 0 spiro atoms. The number of hydrogen-bond acceptors (Lipinski definition) is 6. The summed E-state index contributed by atoms with van der Waals surface area (Å²) in [6.45, 7) is 2.09. The molecule has 0 atom stereocenters. The average molecular weight is 399 g/mol. The predicted molar refractivity (Wildman–Crippen MR) is 83.7 cm³/mol. The Morgan fingerprint density at radius 2 is 1.68 bits per heavy atom. The smallest absolute Gasteiger partial charge is 0.294 e. The van der Waals surface area contributed by atoms with Crippen molar-refractivity contribution < 1.29 is 31.9 Å². The maximum absolute atomic E-state index is 11.1. The topological polar surface area (TPSA) is 91.3 Å². The zero-order chi connectivity index (χ0) is 16.4. The summed E-state index contributed by atoms with van der Waals surface area (Å²) in [5, 5.41) is 0.778. The van der Waals surface area contributed by atoms with Crippen molar-refractivity contribution in [2.75, 3.05) is 45.5 Å². The second-order valence-electron chi connectivity index (χ2n) is 4.05. The maximum Gasteiger partial charge on any atom is 0.294 e. The summed E-state index contributed by atoms with van der Waals surface area (Å²) in [6.07, 6.45) is 0. The van der Waals surface area contributed by atoms with Gasteiger partial charge in [0, 0.05) is 11.4 Å². The molecule has 0 aliphatic heterocycles. The summed E-state index contributed by atoms with van der Waals surface area (Å²) >= 11 is 3.24. The van der Waals surface area contributed by atoms with E-state index in [0.29, 0.717) is 32.2 Å². The fraction of sp³-hybridized carbons (Fsp3) is 0.538. The first-order valence-corrected chi connectivity index (χ1v) is 9.05. The van der Waals surface area contributed by atoms with Crippen LogP contribution in [0.2, 0.25) is 0 Å². The van der Waals surface area contributed by atoms with Crippen molar-refractivity contribution >= 4 is 26.0 Å². The number of alkyl halides is 1. The Morgan fingerprint density at radius 1 is 1.05 bits per heavy atom. The van der Waals surface area contributed by atoms with Crippen LogP contribution in [0.15, 0.2) is 23.1 Å². The molecule has 0 bridgehead atoms. The van der Waals surface area contributed by atoms with Crippen LogP contribution < -0.4 is 9.47 Å². The lowest BCUT2D eigenvalue weighted by Crippen LogP contribution is -2.12. The minimum absolute atomic E-state index is 0.212. The molecular weight excluding hydrogens is 380 g/mol. The Labute approximate surface area is 138 Å². The normalized spacial score (nSPS) is 11.4. The number of hydrogen-bond donors (Lipinski definition) is 1. The Kier molecular flexibility index (Phi) is 8.72. The van der Waals surface area contributed by atoms with Crippen LogP contribution >= 0.6 is 15.9 Å². The lowest BCUT2D eigenvalue weighted by atomic mass is 10.3. The van der Waals surface area contributed by atoms with Gasteiger partial charge in [-0.25, -0.2) is 0 Å². The molecule has 0 heterocycles. The molecule has 0 unspecified atom stereocenters. The Bertz CT molecular complexity index is 547. The number of rotatable bonds is 11. The van der Waals surface area contributed by atoms with Crippen LogP contribution in [-0.2, 0) is 19.6 Å². The summed E-state index contributed by atoms with van der Waals surface area (Å²) in [5.74, 6) is 0.588. The van der Waals surface area contributed by atoms with E-state index in [1.165, 1.54) is 25.3 Å². The largest absolute Gasteiger partial charge is 0.493 e. The van der Waals surface area contributed by atoms with E-state index in [1.807, 2.05) is 0 Å². The SMILES string of the molecule is COc1ccc(S(=O)(=O)O)cc1OCCOCCOCCBr. The van der Waals surface area contributed by atoms with Gasteiger partial charge in [-0.1, -0.05) is 15.9 Å². The third-order valence-corrected chi connectivity index (χ3v) is 3.69. The molecular formula is C13H19BrO7S. The van der Waals surface area contributed by atoms with Gasteiger partial charge in [-0.2, -0.15) is 8.42 Å². The van der Waals surface area contributed by atoms with Gasteiger partial charge in [0.2, 0.25) is 0 Å². The van der Waals surface area contributed by atoms with Crippen molar-refractivity contribution in [1.82, 2.24) is 0 Å². The van der Waals surface area contributed by atoms with Crippen LogP contribution in [0, 0.1) is 0 Å². The molecule has 126 valence electrons. The third kappa shape index (κ3) is 6.93. The van der Waals surface area contributed by atoms with Crippen molar-refractivity contribution in [3.05, 3.63) is 18.2 Å². The van der Waals surface area contributed by atoms with E-state index in [9.17, 15) is 8.42 Å². The molecule has 0 aromatic heterocycles. The molecule has 0 aliphatic rings. The minimum atomic E-state index is -4.29. The summed E-state index contributed by atoms with van der Waals surface area (Å²) in [5.41, 5.74) is 0. The molecule has 0 fully saturated rings. The van der Waals surface area contributed by atoms with E-state index in [4.69, 9.17) is 23.5 Å². The molecule has 0 radical (unpaired) electrons. The van der Waals surface area contributed by atoms with Gasteiger partial charge in [0.05, 0.1) is 38.4 Å². The minimum Gasteiger partial charge on any atom is -0.493 e. The molecule has 0 saturated carbocycles. The Hall–Kier alpha value is -0.870. The van der Waals surface area contributed by atoms with Crippen LogP contribution in [0.3, 0.4) is 0 Å². The first-order chi connectivity index (χ1) is 10.5. The Balaban J connectivity index is 2.44. The highest BCUT2D eigenvalue weighted by Crippen LogP contribution is 2.29. The van der Waals surface area contributed by atoms with Crippen molar-refractivity contribution in [1.29, 1.82) is 0 Å². The van der Waals surface area contributed by atoms with Gasteiger partial charge in [0.25, 0.3) is 10.1 Å². The van der Waals surface area contributed by atoms with Gasteiger partial charge in [-0.15, -0.1) is 0 Å². The number of methoxy groups -OCH3 is 1. The van der Waals surface area contributed by atoms with Crippen LogP contribution in [0.25, 0.3) is 0 Å². The van der Waals surface area contributed by atoms with Gasteiger partial charge in [-0.05, 0) is 12.1 Å². The first kappa shape index (κ1) is 19.2. The third-order valence-electron chi connectivity index (χ3n) is 2.51. The van der Waals surface area contributed by atoms with Gasteiger partial charge in [-0.3, -0.25) is 4.55 Å². The molecule has 1 rings (SSSR count). The van der Waals surface area contributed by atoms with Gasteiger partial charge in [0.1, 0.15) is 6.61 Å². The summed E-state index contributed by atoms with van der Waals surface area (Å²) in [4.78, 5) is -0.257. The van der Waals surface area contributed by atoms with E-state index >= 15 is 0 Å². The monoisotopic (exact) mass is 398 g/mol. The summed E-state index contributed by atoms with van der Waals surface area (Å²) in [6, 6.07) is 3.85. The Morgan fingerprint density at radius 3 is 2.27 bits per heavy atom. The lowest BCUT2D eigenvalue weighted by molar-refractivity contribution is 0.0411. The first-order valence-electron chi connectivity index (χ1n) is 6.49. The second kappa shape index (κ2) is 10.0. The molecule has 0 saturated heterocycles. The molecule has 0 amide bonds. The number of halogens is 1. The van der Waals surface area contributed by atoms with Gasteiger partial charge >= 0.3 is 0 Å². The highest BCUT2D eigenvalue weighted by atomic mass is 79.9. The maximum atomic E-state index is 11.1.